The molecule has 4 rings (SSSR count). The maximum Gasteiger partial charge on any atom is 0.226 e. The minimum atomic E-state index is -0.299. The van der Waals surface area contributed by atoms with Gasteiger partial charge in [0.05, 0.1) is 36.5 Å². The Morgan fingerprint density at radius 1 is 1.09 bits per heavy atom. The van der Waals surface area contributed by atoms with Crippen LogP contribution in [0.15, 0.2) is 59.9 Å². The van der Waals surface area contributed by atoms with Gasteiger partial charge in [-0.1, -0.05) is 12.1 Å². The van der Waals surface area contributed by atoms with Crippen molar-refractivity contribution in [3.8, 4) is 5.88 Å². The Balaban J connectivity index is 1.40. The predicted molar refractivity (Wildman–Crippen MR) is 120 cm³/mol. The number of hydrogen-bond donors (Lipinski definition) is 1. The quantitative estimate of drug-likeness (QED) is 0.608. The first-order chi connectivity index (χ1) is 15.4. The molecule has 0 spiro atoms. The lowest BCUT2D eigenvalue weighted by atomic mass is 10.0. The average Bonchev–Trinajstić information content (AvgIpc) is 3.17. The van der Waals surface area contributed by atoms with Crippen LogP contribution in [0.3, 0.4) is 0 Å². The number of pyridine rings is 2. The molecule has 2 aromatic heterocycles. The number of amides is 1. The average molecular weight is 432 g/mol. The monoisotopic (exact) mass is 432 g/mol. The molecule has 0 radical (unpaired) electrons. The van der Waals surface area contributed by atoms with Gasteiger partial charge in [-0.2, -0.15) is 0 Å². The van der Waals surface area contributed by atoms with E-state index < -0.39 is 0 Å². The van der Waals surface area contributed by atoms with Crippen molar-refractivity contribution in [2.75, 3.05) is 0 Å². The Bertz CT molecular complexity index is 1140. The highest BCUT2D eigenvalue weighted by molar-refractivity contribution is 6.14. The second-order valence-electron chi connectivity index (χ2n) is 8.07. The summed E-state index contributed by atoms with van der Waals surface area (Å²) in [6.45, 7) is 6.32. The van der Waals surface area contributed by atoms with Crippen LogP contribution in [0.4, 0.5) is 4.39 Å². The van der Waals surface area contributed by atoms with Gasteiger partial charge in [0, 0.05) is 29.6 Å². The summed E-state index contributed by atoms with van der Waals surface area (Å²) in [5, 5.41) is 2.93. The molecule has 32 heavy (non-hydrogen) atoms. The Morgan fingerprint density at radius 2 is 1.88 bits per heavy atom. The van der Waals surface area contributed by atoms with Gasteiger partial charge in [0.1, 0.15) is 5.82 Å². The molecule has 3 aromatic rings. The van der Waals surface area contributed by atoms with Crippen LogP contribution in [0.25, 0.3) is 0 Å². The number of hydrogen-bond acceptors (Lipinski definition) is 5. The van der Waals surface area contributed by atoms with Gasteiger partial charge in [-0.25, -0.2) is 9.37 Å². The van der Waals surface area contributed by atoms with Gasteiger partial charge < -0.3 is 10.1 Å². The van der Waals surface area contributed by atoms with Gasteiger partial charge in [-0.05, 0) is 56.2 Å². The number of benzene rings is 1. The third-order valence-electron chi connectivity index (χ3n) is 5.16. The molecule has 7 heteroatoms. The SMILES string of the molecule is CC(C)Oc1ccc(C2=NCc3cc(CC(=O)N[C@H](C)c4ccc(F)cc4)ncc32)cn1. The molecular weight excluding hydrogens is 407 g/mol. The van der Waals surface area contributed by atoms with E-state index in [1.165, 1.54) is 12.1 Å². The van der Waals surface area contributed by atoms with Gasteiger partial charge >= 0.3 is 0 Å². The first-order valence-electron chi connectivity index (χ1n) is 10.6. The zero-order valence-electron chi connectivity index (χ0n) is 18.3. The fraction of sp³-hybridized carbons (Fsp3) is 0.280. The van der Waals surface area contributed by atoms with E-state index in [0.717, 1.165) is 28.0 Å². The number of aliphatic imine (C=N–C) groups is 1. The lowest BCUT2D eigenvalue weighted by molar-refractivity contribution is -0.121. The summed E-state index contributed by atoms with van der Waals surface area (Å²) >= 11 is 0. The zero-order valence-corrected chi connectivity index (χ0v) is 18.3. The van der Waals surface area contributed by atoms with Gasteiger partial charge in [0.15, 0.2) is 0 Å². The molecule has 0 unspecified atom stereocenters. The molecular formula is C25H25FN4O2. The molecule has 0 bridgehead atoms. The van der Waals surface area contributed by atoms with E-state index >= 15 is 0 Å². The van der Waals surface area contributed by atoms with E-state index in [1.54, 1.807) is 24.5 Å². The third-order valence-corrected chi connectivity index (χ3v) is 5.16. The summed E-state index contributed by atoms with van der Waals surface area (Å²) in [6.07, 6.45) is 3.75. The van der Waals surface area contributed by atoms with E-state index in [4.69, 9.17) is 4.74 Å². The minimum absolute atomic E-state index is 0.0661. The van der Waals surface area contributed by atoms with Crippen LogP contribution in [0.2, 0.25) is 0 Å². The summed E-state index contributed by atoms with van der Waals surface area (Å²) in [5.41, 5.74) is 5.26. The number of nitrogens with one attached hydrogen (secondary N) is 1. The van der Waals surface area contributed by atoms with E-state index in [1.807, 2.05) is 39.0 Å². The molecule has 1 amide bonds. The van der Waals surface area contributed by atoms with Crippen LogP contribution in [-0.2, 0) is 17.8 Å². The standard InChI is InChI=1S/C25H25FN4O2/c1-15(2)32-24-9-6-18(12-28-24)25-22-14-27-21(10-19(22)13-29-25)11-23(31)30-16(3)17-4-7-20(26)8-5-17/h4-10,12,14-16H,11,13H2,1-3H3,(H,30,31)/t16-/m1/s1. The topological polar surface area (TPSA) is 76.5 Å². The molecule has 0 saturated heterocycles. The van der Waals surface area contributed by atoms with Gasteiger partial charge in [-0.15, -0.1) is 0 Å². The van der Waals surface area contributed by atoms with Crippen molar-refractivity contribution in [1.82, 2.24) is 15.3 Å². The fourth-order valence-electron chi connectivity index (χ4n) is 3.61. The highest BCUT2D eigenvalue weighted by Gasteiger charge is 2.20. The van der Waals surface area contributed by atoms with Gasteiger partial charge in [0.2, 0.25) is 11.8 Å². The van der Waals surface area contributed by atoms with Crippen molar-refractivity contribution in [1.29, 1.82) is 0 Å². The number of carbonyl (C=O) groups excluding carboxylic acids is 1. The van der Waals surface area contributed by atoms with Crippen molar-refractivity contribution >= 4 is 11.6 Å². The maximum atomic E-state index is 13.1. The molecule has 0 fully saturated rings. The van der Waals surface area contributed by atoms with Crippen molar-refractivity contribution in [3.63, 3.8) is 0 Å². The first-order valence-corrected chi connectivity index (χ1v) is 10.6. The highest BCUT2D eigenvalue weighted by atomic mass is 19.1. The lowest BCUT2D eigenvalue weighted by Gasteiger charge is -2.14. The van der Waals surface area contributed by atoms with E-state index in [-0.39, 0.29) is 30.3 Å². The first kappa shape index (κ1) is 21.6. The van der Waals surface area contributed by atoms with Crippen molar-refractivity contribution in [2.45, 2.75) is 45.9 Å². The van der Waals surface area contributed by atoms with Crippen LogP contribution >= 0.6 is 0 Å². The summed E-state index contributed by atoms with van der Waals surface area (Å²) in [5.74, 6) is 0.141. The third kappa shape index (κ3) is 4.99. The van der Waals surface area contributed by atoms with Gasteiger partial charge in [-0.3, -0.25) is 14.8 Å². The zero-order chi connectivity index (χ0) is 22.7. The van der Waals surface area contributed by atoms with E-state index in [0.29, 0.717) is 18.1 Å². The van der Waals surface area contributed by atoms with Crippen LogP contribution in [0, 0.1) is 5.82 Å². The second-order valence-corrected chi connectivity index (χ2v) is 8.07. The summed E-state index contributed by atoms with van der Waals surface area (Å²) < 4.78 is 18.7. The molecule has 1 aromatic carbocycles. The van der Waals surface area contributed by atoms with Crippen LogP contribution < -0.4 is 10.1 Å². The Kier molecular flexibility index (Phi) is 6.25. The minimum Gasteiger partial charge on any atom is -0.475 e. The number of nitrogens with zero attached hydrogens (tertiary/aromatic N) is 3. The van der Waals surface area contributed by atoms with Crippen molar-refractivity contribution in [2.24, 2.45) is 4.99 Å². The number of aromatic nitrogens is 2. The number of rotatable bonds is 7. The number of ether oxygens (including phenoxy) is 1. The smallest absolute Gasteiger partial charge is 0.226 e. The van der Waals surface area contributed by atoms with Crippen LogP contribution in [0.5, 0.6) is 5.88 Å². The van der Waals surface area contributed by atoms with Crippen molar-refractivity contribution in [3.05, 3.63) is 88.6 Å². The lowest BCUT2D eigenvalue weighted by Crippen LogP contribution is -2.28. The second kappa shape index (κ2) is 9.26. The van der Waals surface area contributed by atoms with Crippen molar-refractivity contribution < 1.29 is 13.9 Å². The molecule has 3 heterocycles. The predicted octanol–water partition coefficient (Wildman–Crippen LogP) is 4.17. The maximum absolute atomic E-state index is 13.1. The largest absolute Gasteiger partial charge is 0.475 e. The molecule has 0 aliphatic carbocycles. The summed E-state index contributed by atoms with van der Waals surface area (Å²) in [6, 6.07) is 11.6. The number of carbonyl (C=O) groups is 1. The van der Waals surface area contributed by atoms with E-state index in [2.05, 4.69) is 20.3 Å². The molecule has 1 aliphatic heterocycles. The molecule has 0 saturated carbocycles. The summed E-state index contributed by atoms with van der Waals surface area (Å²) in [4.78, 5) is 26.0. The van der Waals surface area contributed by atoms with E-state index in [9.17, 15) is 9.18 Å². The van der Waals surface area contributed by atoms with Crippen LogP contribution in [-0.4, -0.2) is 27.7 Å². The normalized spacial score (nSPS) is 13.5. The molecule has 1 N–H and O–H groups in total. The number of halogens is 1. The Morgan fingerprint density at radius 3 is 2.56 bits per heavy atom. The highest BCUT2D eigenvalue weighted by Crippen LogP contribution is 2.24. The molecule has 1 atom stereocenters. The summed E-state index contributed by atoms with van der Waals surface area (Å²) in [7, 11) is 0. The molecule has 164 valence electrons. The number of fused-ring (bicyclic) bond motifs is 1. The fourth-order valence-corrected chi connectivity index (χ4v) is 3.61. The molecule has 1 aliphatic rings. The van der Waals surface area contributed by atoms with Gasteiger partial charge in [0.25, 0.3) is 0 Å². The Labute approximate surface area is 186 Å². The molecule has 6 nitrogen and oxygen atoms in total. The van der Waals surface area contributed by atoms with Crippen LogP contribution in [0.1, 0.15) is 54.8 Å². The Hall–Kier alpha value is -3.61.